The molecule has 1 rings (SSSR count). The predicted octanol–water partition coefficient (Wildman–Crippen LogP) is 1.46. The first kappa shape index (κ1) is 10.2. The zero-order chi connectivity index (χ0) is 9.68. The second-order valence-electron chi connectivity index (χ2n) is 2.46. The topological polar surface area (TPSA) is 46.5 Å². The minimum Gasteiger partial charge on any atom is -0.462 e. The number of rotatable bonds is 4. The number of hydrogen-bond acceptors (Lipinski definition) is 4. The van der Waals surface area contributed by atoms with Crippen LogP contribution in [0.5, 0.6) is 0 Å². The maximum atomic E-state index is 11.2. The summed E-state index contributed by atoms with van der Waals surface area (Å²) < 4.78 is 4.83. The third-order valence-corrected chi connectivity index (χ3v) is 2.62. The molecule has 0 atom stereocenters. The van der Waals surface area contributed by atoms with Crippen LogP contribution in [0.25, 0.3) is 0 Å². The molecule has 0 saturated heterocycles. The second kappa shape index (κ2) is 4.99. The van der Waals surface area contributed by atoms with Crippen molar-refractivity contribution in [3.63, 3.8) is 0 Å². The lowest BCUT2D eigenvalue weighted by Crippen LogP contribution is -2.01. The number of aliphatic hydroxyl groups is 1. The number of thiophene rings is 1. The first-order valence-electron chi connectivity index (χ1n) is 4.14. The molecule has 0 amide bonds. The Bertz CT molecular complexity index is 280. The summed E-state index contributed by atoms with van der Waals surface area (Å²) in [6.45, 7) is 2.29. The zero-order valence-corrected chi connectivity index (χ0v) is 8.26. The summed E-state index contributed by atoms with van der Waals surface area (Å²) in [5.41, 5.74) is 0. The number of carbonyl (C=O) groups is 1. The van der Waals surface area contributed by atoms with Crippen LogP contribution < -0.4 is 0 Å². The van der Waals surface area contributed by atoms with Gasteiger partial charge in [-0.2, -0.15) is 0 Å². The largest absolute Gasteiger partial charge is 0.462 e. The molecular weight excluding hydrogens is 188 g/mol. The fraction of sp³-hybridized carbons (Fsp3) is 0.444. The fourth-order valence-corrected chi connectivity index (χ4v) is 1.82. The molecule has 1 aromatic heterocycles. The van der Waals surface area contributed by atoms with E-state index < -0.39 is 0 Å². The Balaban J connectivity index is 2.62. The standard InChI is InChI=1S/C9H12O3S/c1-2-12-9(11)8-4-3-7(13-8)5-6-10/h3-4,10H,2,5-6H2,1H3. The first-order chi connectivity index (χ1) is 6.27. The summed E-state index contributed by atoms with van der Waals surface area (Å²) in [5.74, 6) is -0.281. The molecule has 0 aromatic carbocycles. The fourth-order valence-electron chi connectivity index (χ4n) is 0.934. The third kappa shape index (κ3) is 2.82. The van der Waals surface area contributed by atoms with Gasteiger partial charge in [-0.05, 0) is 19.1 Å². The molecule has 0 radical (unpaired) electrons. The lowest BCUT2D eigenvalue weighted by Gasteiger charge is -1.96. The van der Waals surface area contributed by atoms with Gasteiger partial charge >= 0.3 is 5.97 Å². The van der Waals surface area contributed by atoms with Crippen LogP contribution in [-0.4, -0.2) is 24.3 Å². The quantitative estimate of drug-likeness (QED) is 0.748. The molecule has 0 spiro atoms. The van der Waals surface area contributed by atoms with Crippen molar-refractivity contribution in [2.75, 3.05) is 13.2 Å². The van der Waals surface area contributed by atoms with Gasteiger partial charge in [0.25, 0.3) is 0 Å². The highest BCUT2D eigenvalue weighted by atomic mass is 32.1. The molecule has 13 heavy (non-hydrogen) atoms. The van der Waals surface area contributed by atoms with Gasteiger partial charge in [0.2, 0.25) is 0 Å². The summed E-state index contributed by atoms with van der Waals surface area (Å²) in [6, 6.07) is 3.57. The summed E-state index contributed by atoms with van der Waals surface area (Å²) in [5, 5.41) is 8.66. The molecule has 0 unspecified atom stereocenters. The molecule has 1 N–H and O–H groups in total. The van der Waals surface area contributed by atoms with Crippen LogP contribution in [0.2, 0.25) is 0 Å². The van der Waals surface area contributed by atoms with Gasteiger partial charge in [0.15, 0.2) is 0 Å². The highest BCUT2D eigenvalue weighted by Gasteiger charge is 2.08. The van der Waals surface area contributed by atoms with Crippen LogP contribution in [0.3, 0.4) is 0 Å². The minimum absolute atomic E-state index is 0.114. The van der Waals surface area contributed by atoms with E-state index in [1.807, 2.05) is 6.07 Å². The lowest BCUT2D eigenvalue weighted by molar-refractivity contribution is 0.0532. The third-order valence-electron chi connectivity index (χ3n) is 1.50. The van der Waals surface area contributed by atoms with Gasteiger partial charge in [-0.15, -0.1) is 11.3 Å². The maximum Gasteiger partial charge on any atom is 0.348 e. The van der Waals surface area contributed by atoms with Crippen molar-refractivity contribution in [1.29, 1.82) is 0 Å². The molecule has 0 aliphatic heterocycles. The normalized spacial score (nSPS) is 10.0. The van der Waals surface area contributed by atoms with Crippen LogP contribution in [-0.2, 0) is 11.2 Å². The van der Waals surface area contributed by atoms with E-state index >= 15 is 0 Å². The van der Waals surface area contributed by atoms with E-state index in [2.05, 4.69) is 0 Å². The maximum absolute atomic E-state index is 11.2. The van der Waals surface area contributed by atoms with E-state index in [1.54, 1.807) is 13.0 Å². The van der Waals surface area contributed by atoms with Crippen molar-refractivity contribution in [3.05, 3.63) is 21.9 Å². The Morgan fingerprint density at radius 2 is 2.38 bits per heavy atom. The molecule has 0 aliphatic carbocycles. The summed E-state index contributed by atoms with van der Waals surface area (Å²) in [4.78, 5) is 12.8. The van der Waals surface area contributed by atoms with E-state index in [0.717, 1.165) is 4.88 Å². The molecule has 0 bridgehead atoms. The lowest BCUT2D eigenvalue weighted by atomic mass is 10.3. The van der Waals surface area contributed by atoms with Gasteiger partial charge in [0.1, 0.15) is 4.88 Å². The number of hydrogen-bond donors (Lipinski definition) is 1. The molecule has 1 aromatic rings. The van der Waals surface area contributed by atoms with Crippen molar-refractivity contribution in [2.24, 2.45) is 0 Å². The van der Waals surface area contributed by atoms with E-state index in [0.29, 0.717) is 17.9 Å². The molecule has 72 valence electrons. The summed E-state index contributed by atoms with van der Waals surface area (Å²) in [6.07, 6.45) is 0.601. The highest BCUT2D eigenvalue weighted by Crippen LogP contribution is 2.17. The Labute approximate surface area is 81.0 Å². The summed E-state index contributed by atoms with van der Waals surface area (Å²) in [7, 11) is 0. The average Bonchev–Trinajstić information content (AvgIpc) is 2.54. The Hall–Kier alpha value is -0.870. The summed E-state index contributed by atoms with van der Waals surface area (Å²) >= 11 is 1.37. The van der Waals surface area contributed by atoms with E-state index in [9.17, 15) is 4.79 Å². The molecule has 0 aliphatic rings. The molecule has 3 nitrogen and oxygen atoms in total. The Kier molecular flexibility index (Phi) is 3.92. The van der Waals surface area contributed by atoms with Crippen LogP contribution in [0.15, 0.2) is 12.1 Å². The molecule has 0 saturated carbocycles. The van der Waals surface area contributed by atoms with Gasteiger partial charge < -0.3 is 9.84 Å². The van der Waals surface area contributed by atoms with Crippen LogP contribution in [0.1, 0.15) is 21.5 Å². The zero-order valence-electron chi connectivity index (χ0n) is 7.45. The van der Waals surface area contributed by atoms with Gasteiger partial charge in [0.05, 0.1) is 6.61 Å². The molecule has 1 heterocycles. The van der Waals surface area contributed by atoms with Gasteiger partial charge in [-0.1, -0.05) is 0 Å². The van der Waals surface area contributed by atoms with Crippen molar-refractivity contribution in [1.82, 2.24) is 0 Å². The van der Waals surface area contributed by atoms with Gasteiger partial charge in [0, 0.05) is 17.9 Å². The van der Waals surface area contributed by atoms with Crippen LogP contribution in [0, 0.1) is 0 Å². The molecule has 0 fully saturated rings. The smallest absolute Gasteiger partial charge is 0.348 e. The van der Waals surface area contributed by atoms with Gasteiger partial charge in [-0.3, -0.25) is 0 Å². The Morgan fingerprint density at radius 3 is 3.00 bits per heavy atom. The second-order valence-corrected chi connectivity index (χ2v) is 3.63. The van der Waals surface area contributed by atoms with Crippen molar-refractivity contribution >= 4 is 17.3 Å². The van der Waals surface area contributed by atoms with E-state index in [-0.39, 0.29) is 12.6 Å². The number of esters is 1. The van der Waals surface area contributed by atoms with E-state index in [1.165, 1.54) is 11.3 Å². The molecule has 4 heteroatoms. The molecular formula is C9H12O3S. The monoisotopic (exact) mass is 200 g/mol. The van der Waals surface area contributed by atoms with Crippen molar-refractivity contribution in [3.8, 4) is 0 Å². The number of carbonyl (C=O) groups excluding carboxylic acids is 1. The number of aliphatic hydroxyl groups excluding tert-OH is 1. The number of ether oxygens (including phenoxy) is 1. The minimum atomic E-state index is -0.281. The first-order valence-corrected chi connectivity index (χ1v) is 4.96. The average molecular weight is 200 g/mol. The van der Waals surface area contributed by atoms with Gasteiger partial charge in [-0.25, -0.2) is 4.79 Å². The SMILES string of the molecule is CCOC(=O)c1ccc(CCO)s1. The van der Waals surface area contributed by atoms with Crippen LogP contribution in [0.4, 0.5) is 0 Å². The van der Waals surface area contributed by atoms with E-state index in [4.69, 9.17) is 9.84 Å². The highest BCUT2D eigenvalue weighted by molar-refractivity contribution is 7.13. The predicted molar refractivity (Wildman–Crippen MR) is 51.1 cm³/mol. The van der Waals surface area contributed by atoms with Crippen LogP contribution >= 0.6 is 11.3 Å². The Morgan fingerprint density at radius 1 is 1.62 bits per heavy atom. The van der Waals surface area contributed by atoms with Crippen molar-refractivity contribution in [2.45, 2.75) is 13.3 Å². The van der Waals surface area contributed by atoms with Crippen molar-refractivity contribution < 1.29 is 14.6 Å².